The second-order valence-electron chi connectivity index (χ2n) is 6.25. The fourth-order valence-corrected chi connectivity index (χ4v) is 2.89. The van der Waals surface area contributed by atoms with Gasteiger partial charge in [-0.05, 0) is 37.0 Å². The maximum Gasteiger partial charge on any atom is 0.407 e. The van der Waals surface area contributed by atoms with Gasteiger partial charge in [0.1, 0.15) is 6.61 Å². The van der Waals surface area contributed by atoms with E-state index in [1.54, 1.807) is 6.20 Å². The topological polar surface area (TPSA) is 63.2 Å². The summed E-state index contributed by atoms with van der Waals surface area (Å²) in [5.41, 5.74) is 2.17. The fraction of sp³-hybridized carbons (Fsp3) is 0.368. The second kappa shape index (κ2) is 7.93. The van der Waals surface area contributed by atoms with Crippen LogP contribution < -0.4 is 10.6 Å². The van der Waals surface area contributed by atoms with Crippen LogP contribution in [-0.2, 0) is 11.3 Å². The van der Waals surface area contributed by atoms with Gasteiger partial charge < -0.3 is 15.4 Å². The van der Waals surface area contributed by atoms with Gasteiger partial charge in [-0.15, -0.1) is 0 Å². The van der Waals surface area contributed by atoms with Crippen LogP contribution in [-0.4, -0.2) is 23.2 Å². The lowest BCUT2D eigenvalue weighted by atomic mass is 9.86. The first-order valence-corrected chi connectivity index (χ1v) is 8.34. The zero-order valence-corrected chi connectivity index (χ0v) is 13.8. The van der Waals surface area contributed by atoms with Gasteiger partial charge in [-0.25, -0.2) is 4.79 Å². The number of carbonyl (C=O) groups is 1. The first-order valence-electron chi connectivity index (χ1n) is 8.34. The number of ether oxygens (including phenoxy) is 1. The van der Waals surface area contributed by atoms with Crippen LogP contribution in [0.4, 0.5) is 4.79 Å². The van der Waals surface area contributed by atoms with Crippen molar-refractivity contribution in [3.63, 3.8) is 0 Å². The number of carbonyl (C=O) groups excluding carboxylic acids is 1. The minimum Gasteiger partial charge on any atom is -0.445 e. The maximum atomic E-state index is 11.8. The Hall–Kier alpha value is -2.40. The molecule has 5 heteroatoms. The predicted molar refractivity (Wildman–Crippen MR) is 92.4 cm³/mol. The van der Waals surface area contributed by atoms with Crippen LogP contribution in [0.25, 0.3) is 0 Å². The summed E-state index contributed by atoms with van der Waals surface area (Å²) in [7, 11) is 0. The Morgan fingerprint density at radius 1 is 1.21 bits per heavy atom. The van der Waals surface area contributed by atoms with Crippen LogP contribution in [0.3, 0.4) is 0 Å². The Labute approximate surface area is 142 Å². The molecule has 1 heterocycles. The summed E-state index contributed by atoms with van der Waals surface area (Å²) < 4.78 is 5.24. The molecule has 1 atom stereocenters. The number of aromatic nitrogens is 1. The highest BCUT2D eigenvalue weighted by molar-refractivity contribution is 5.67. The molecule has 24 heavy (non-hydrogen) atoms. The van der Waals surface area contributed by atoms with Crippen LogP contribution in [0, 0.1) is 0 Å². The normalized spacial score (nSPS) is 20.7. The number of alkyl carbamates (subject to hydrolysis) is 1. The molecular formula is C19H23N3O2. The van der Waals surface area contributed by atoms with Gasteiger partial charge in [0.2, 0.25) is 0 Å². The molecule has 0 radical (unpaired) electrons. The molecule has 0 spiro atoms. The van der Waals surface area contributed by atoms with Crippen LogP contribution >= 0.6 is 0 Å². The van der Waals surface area contributed by atoms with E-state index >= 15 is 0 Å². The molecule has 126 valence electrons. The number of benzene rings is 1. The van der Waals surface area contributed by atoms with Crippen molar-refractivity contribution in [1.82, 2.24) is 15.6 Å². The molecule has 1 aliphatic rings. The molecule has 1 aromatic heterocycles. The Kier molecular flexibility index (Phi) is 5.43. The second-order valence-corrected chi connectivity index (χ2v) is 6.25. The van der Waals surface area contributed by atoms with Crippen molar-refractivity contribution in [1.29, 1.82) is 0 Å². The van der Waals surface area contributed by atoms with Crippen LogP contribution in [0.1, 0.15) is 36.9 Å². The molecule has 1 amide bonds. The van der Waals surface area contributed by atoms with Gasteiger partial charge in [0.05, 0.1) is 0 Å². The summed E-state index contributed by atoms with van der Waals surface area (Å²) in [6, 6.07) is 14.6. The van der Waals surface area contributed by atoms with E-state index in [0.29, 0.717) is 12.6 Å². The molecule has 2 N–H and O–H groups in total. The van der Waals surface area contributed by atoms with Crippen LogP contribution in [0.5, 0.6) is 0 Å². The quantitative estimate of drug-likeness (QED) is 0.856. The average Bonchev–Trinajstić information content (AvgIpc) is 2.59. The Balaban J connectivity index is 1.34. The third-order valence-corrected chi connectivity index (χ3v) is 4.34. The summed E-state index contributed by atoms with van der Waals surface area (Å²) in [6.07, 6.45) is 5.16. The zero-order valence-electron chi connectivity index (χ0n) is 13.8. The Morgan fingerprint density at radius 2 is 2.00 bits per heavy atom. The highest BCUT2D eigenvalue weighted by atomic mass is 16.5. The molecule has 1 saturated carbocycles. The van der Waals surface area contributed by atoms with Gasteiger partial charge in [-0.1, -0.05) is 36.4 Å². The van der Waals surface area contributed by atoms with E-state index in [-0.39, 0.29) is 18.2 Å². The summed E-state index contributed by atoms with van der Waals surface area (Å²) in [5.74, 6) is 0. The average molecular weight is 325 g/mol. The van der Waals surface area contributed by atoms with Crippen LogP contribution in [0.2, 0.25) is 0 Å². The SMILES string of the molecule is C[C@@H](NC1CC(NC(=O)OCc2ccccc2)C1)c1cccnc1. The smallest absolute Gasteiger partial charge is 0.407 e. The Morgan fingerprint density at radius 3 is 2.71 bits per heavy atom. The van der Waals surface area contributed by atoms with Gasteiger partial charge >= 0.3 is 6.09 Å². The third kappa shape index (κ3) is 4.55. The lowest BCUT2D eigenvalue weighted by molar-refractivity contribution is 0.124. The summed E-state index contributed by atoms with van der Waals surface area (Å²) in [6.45, 7) is 2.44. The monoisotopic (exact) mass is 325 g/mol. The van der Waals surface area contributed by atoms with E-state index in [1.807, 2.05) is 42.6 Å². The van der Waals surface area contributed by atoms with Gasteiger partial charge in [-0.3, -0.25) is 4.98 Å². The maximum absolute atomic E-state index is 11.8. The predicted octanol–water partition coefficient (Wildman–Crippen LogP) is 3.19. The third-order valence-electron chi connectivity index (χ3n) is 4.34. The van der Waals surface area contributed by atoms with Gasteiger partial charge in [0.15, 0.2) is 0 Å². The number of rotatable bonds is 6. The summed E-state index contributed by atoms with van der Waals surface area (Å²) >= 11 is 0. The van der Waals surface area contributed by atoms with E-state index in [1.165, 1.54) is 5.56 Å². The molecule has 5 nitrogen and oxygen atoms in total. The molecule has 1 aliphatic carbocycles. The minimum absolute atomic E-state index is 0.187. The Bertz CT molecular complexity index is 642. The number of pyridine rings is 1. The van der Waals surface area contributed by atoms with E-state index in [0.717, 1.165) is 18.4 Å². The number of nitrogens with one attached hydrogen (secondary N) is 2. The van der Waals surface area contributed by atoms with Crippen molar-refractivity contribution < 1.29 is 9.53 Å². The van der Waals surface area contributed by atoms with Gasteiger partial charge in [0, 0.05) is 30.5 Å². The largest absolute Gasteiger partial charge is 0.445 e. The van der Waals surface area contributed by atoms with Gasteiger partial charge in [0.25, 0.3) is 0 Å². The van der Waals surface area contributed by atoms with E-state index in [4.69, 9.17) is 4.74 Å². The lowest BCUT2D eigenvalue weighted by Crippen LogP contribution is -2.52. The van der Waals surface area contributed by atoms with Crippen molar-refractivity contribution in [3.8, 4) is 0 Å². The van der Waals surface area contributed by atoms with Crippen molar-refractivity contribution in [3.05, 3.63) is 66.0 Å². The molecule has 2 aromatic rings. The first-order chi connectivity index (χ1) is 11.7. The van der Waals surface area contributed by atoms with Crippen LogP contribution in [0.15, 0.2) is 54.9 Å². The standard InChI is InChI=1S/C19H23N3O2/c1-14(16-8-5-9-20-12-16)21-17-10-18(11-17)22-19(23)24-13-15-6-3-2-4-7-15/h2-9,12,14,17-18,21H,10-11,13H2,1H3,(H,22,23)/t14-,17?,18?/m1/s1. The molecular weight excluding hydrogens is 302 g/mol. The molecule has 0 saturated heterocycles. The van der Waals surface area contributed by atoms with E-state index in [2.05, 4.69) is 28.6 Å². The van der Waals surface area contributed by atoms with Gasteiger partial charge in [-0.2, -0.15) is 0 Å². The van der Waals surface area contributed by atoms with E-state index < -0.39 is 0 Å². The molecule has 0 aliphatic heterocycles. The number of hydrogen-bond acceptors (Lipinski definition) is 4. The molecule has 0 bridgehead atoms. The van der Waals surface area contributed by atoms with Crippen molar-refractivity contribution in [2.75, 3.05) is 0 Å². The van der Waals surface area contributed by atoms with Crippen molar-refractivity contribution in [2.24, 2.45) is 0 Å². The number of hydrogen-bond donors (Lipinski definition) is 2. The lowest BCUT2D eigenvalue weighted by Gasteiger charge is -2.37. The first kappa shape index (κ1) is 16.5. The number of amides is 1. The fourth-order valence-electron chi connectivity index (χ4n) is 2.89. The van der Waals surface area contributed by atoms with Crippen molar-refractivity contribution in [2.45, 2.75) is 44.5 Å². The highest BCUT2D eigenvalue weighted by Gasteiger charge is 2.31. The molecule has 0 unspecified atom stereocenters. The molecule has 1 aromatic carbocycles. The summed E-state index contributed by atoms with van der Waals surface area (Å²) in [5, 5.41) is 6.48. The minimum atomic E-state index is -0.345. The number of nitrogens with zero attached hydrogens (tertiary/aromatic N) is 1. The molecule has 3 rings (SSSR count). The highest BCUT2D eigenvalue weighted by Crippen LogP contribution is 2.23. The summed E-state index contributed by atoms with van der Waals surface area (Å²) in [4.78, 5) is 16.0. The van der Waals surface area contributed by atoms with Crippen molar-refractivity contribution >= 4 is 6.09 Å². The van der Waals surface area contributed by atoms with E-state index in [9.17, 15) is 4.79 Å². The zero-order chi connectivity index (χ0) is 16.8. The molecule has 1 fully saturated rings.